The maximum Gasteiger partial charge on any atom is 0.320 e. The number of benzene rings is 1. The first-order valence-corrected chi connectivity index (χ1v) is 10.4. The van der Waals surface area contributed by atoms with E-state index in [2.05, 4.69) is 43.4 Å². The molecule has 8 nitrogen and oxygen atoms in total. The maximum absolute atomic E-state index is 5.85. The number of aromatic nitrogens is 3. The van der Waals surface area contributed by atoms with Gasteiger partial charge in [-0.05, 0) is 30.2 Å². The lowest BCUT2D eigenvalue weighted by molar-refractivity contribution is 0.122. The predicted molar refractivity (Wildman–Crippen MR) is 121 cm³/mol. The summed E-state index contributed by atoms with van der Waals surface area (Å²) in [6.45, 7) is 5.39. The van der Waals surface area contributed by atoms with Gasteiger partial charge in [0, 0.05) is 37.5 Å². The van der Waals surface area contributed by atoms with Crippen LogP contribution in [-0.4, -0.2) is 54.1 Å². The molecular weight excluding hydrogens is 392 g/mol. The Morgan fingerprint density at radius 1 is 1.13 bits per heavy atom. The second-order valence-electron chi connectivity index (χ2n) is 7.14. The van der Waals surface area contributed by atoms with Gasteiger partial charge in [0.2, 0.25) is 0 Å². The number of nitrogens with one attached hydrogen (secondary N) is 1. The van der Waals surface area contributed by atoms with E-state index in [0.717, 1.165) is 35.7 Å². The van der Waals surface area contributed by atoms with E-state index in [1.165, 1.54) is 0 Å². The van der Waals surface area contributed by atoms with Gasteiger partial charge in [-0.25, -0.2) is 0 Å². The van der Waals surface area contributed by atoms with Crippen molar-refractivity contribution in [3.8, 4) is 6.01 Å². The van der Waals surface area contributed by atoms with Crippen molar-refractivity contribution < 1.29 is 9.47 Å². The van der Waals surface area contributed by atoms with Crippen LogP contribution in [-0.2, 0) is 11.2 Å². The molecule has 3 aromatic rings. The van der Waals surface area contributed by atoms with E-state index >= 15 is 0 Å². The zero-order valence-corrected chi connectivity index (χ0v) is 17.6. The fourth-order valence-electron chi connectivity index (χ4n) is 3.18. The van der Waals surface area contributed by atoms with E-state index in [9.17, 15) is 0 Å². The fourth-order valence-corrected chi connectivity index (χ4v) is 3.18. The number of aryl methyl sites for hydroxylation is 1. The molecular formula is C23H26N6O2. The van der Waals surface area contributed by atoms with Crippen molar-refractivity contribution in [1.29, 1.82) is 0 Å². The van der Waals surface area contributed by atoms with Crippen LogP contribution in [0.2, 0.25) is 0 Å². The van der Waals surface area contributed by atoms with Gasteiger partial charge in [0.25, 0.3) is 0 Å². The monoisotopic (exact) mass is 418 g/mol. The van der Waals surface area contributed by atoms with Gasteiger partial charge in [-0.1, -0.05) is 30.3 Å². The summed E-state index contributed by atoms with van der Waals surface area (Å²) >= 11 is 0. The van der Waals surface area contributed by atoms with Crippen molar-refractivity contribution in [2.24, 2.45) is 5.10 Å². The highest BCUT2D eigenvalue weighted by atomic mass is 16.5. The number of nitrogens with zero attached hydrogens (tertiary/aromatic N) is 5. The van der Waals surface area contributed by atoms with Crippen molar-refractivity contribution in [3.05, 3.63) is 71.5 Å². The Morgan fingerprint density at radius 2 is 1.97 bits per heavy atom. The molecule has 0 radical (unpaired) electrons. The highest BCUT2D eigenvalue weighted by molar-refractivity contribution is 5.82. The topological polar surface area (TPSA) is 84.8 Å². The molecule has 31 heavy (non-hydrogen) atoms. The van der Waals surface area contributed by atoms with E-state index < -0.39 is 0 Å². The SMILES string of the molecule is Cc1ccccc1/C=N/Nc1cc(N2CCOCC2)nc(OCCc2ccccn2)n1. The summed E-state index contributed by atoms with van der Waals surface area (Å²) in [7, 11) is 0. The van der Waals surface area contributed by atoms with E-state index in [1.54, 1.807) is 12.4 Å². The standard InChI is InChI=1S/C23H26N6O2/c1-18-6-2-3-7-19(18)17-25-28-21-16-22(29-11-14-30-15-12-29)27-23(26-21)31-13-9-20-8-4-5-10-24-20/h2-8,10,16-17H,9,11-15H2,1H3,(H,26,27,28)/b25-17+. The van der Waals surface area contributed by atoms with E-state index in [0.29, 0.717) is 38.1 Å². The predicted octanol–water partition coefficient (Wildman–Crippen LogP) is 3.08. The van der Waals surface area contributed by atoms with Crippen molar-refractivity contribution in [3.63, 3.8) is 0 Å². The molecule has 1 fully saturated rings. The number of anilines is 2. The molecule has 0 amide bonds. The summed E-state index contributed by atoms with van der Waals surface area (Å²) in [5.74, 6) is 1.37. The van der Waals surface area contributed by atoms with Crippen molar-refractivity contribution in [2.45, 2.75) is 13.3 Å². The van der Waals surface area contributed by atoms with E-state index in [4.69, 9.17) is 9.47 Å². The molecule has 0 atom stereocenters. The Balaban J connectivity index is 1.47. The minimum atomic E-state index is 0.313. The van der Waals surface area contributed by atoms with E-state index in [-0.39, 0.29) is 0 Å². The Kier molecular flexibility index (Phi) is 7.02. The number of hydrogen-bond acceptors (Lipinski definition) is 8. The smallest absolute Gasteiger partial charge is 0.320 e. The fraction of sp³-hybridized carbons (Fsp3) is 0.304. The van der Waals surface area contributed by atoms with Gasteiger partial charge < -0.3 is 14.4 Å². The molecule has 0 saturated carbocycles. The summed E-state index contributed by atoms with van der Waals surface area (Å²) in [6.07, 6.45) is 4.24. The first kappa shape index (κ1) is 20.7. The van der Waals surface area contributed by atoms with Gasteiger partial charge in [-0.15, -0.1) is 0 Å². The van der Waals surface area contributed by atoms with Crippen molar-refractivity contribution >= 4 is 17.9 Å². The zero-order chi connectivity index (χ0) is 21.3. The third-order valence-corrected chi connectivity index (χ3v) is 4.91. The highest BCUT2D eigenvalue weighted by Gasteiger charge is 2.15. The zero-order valence-electron chi connectivity index (χ0n) is 17.6. The van der Waals surface area contributed by atoms with Crippen LogP contribution in [0.4, 0.5) is 11.6 Å². The third-order valence-electron chi connectivity index (χ3n) is 4.91. The molecule has 0 bridgehead atoms. The van der Waals surface area contributed by atoms with Gasteiger partial charge in [-0.2, -0.15) is 15.1 Å². The van der Waals surface area contributed by atoms with Crippen LogP contribution in [0.5, 0.6) is 6.01 Å². The van der Waals surface area contributed by atoms with Crippen LogP contribution in [0.3, 0.4) is 0 Å². The minimum Gasteiger partial charge on any atom is -0.463 e. The molecule has 1 N–H and O–H groups in total. The normalized spacial score (nSPS) is 14.0. The Hall–Kier alpha value is -3.52. The highest BCUT2D eigenvalue weighted by Crippen LogP contribution is 2.21. The molecule has 1 aromatic carbocycles. The lowest BCUT2D eigenvalue weighted by Gasteiger charge is -2.28. The molecule has 1 aliphatic rings. The number of morpholine rings is 1. The van der Waals surface area contributed by atoms with Crippen LogP contribution in [0.1, 0.15) is 16.8 Å². The van der Waals surface area contributed by atoms with Crippen LogP contribution in [0.15, 0.2) is 59.8 Å². The molecule has 0 spiro atoms. The molecule has 3 heterocycles. The summed E-state index contributed by atoms with van der Waals surface area (Å²) in [5, 5.41) is 4.35. The molecule has 2 aromatic heterocycles. The first-order valence-electron chi connectivity index (χ1n) is 10.4. The minimum absolute atomic E-state index is 0.313. The van der Waals surface area contributed by atoms with Gasteiger partial charge in [0.1, 0.15) is 5.82 Å². The molecule has 160 valence electrons. The second kappa shape index (κ2) is 10.5. The van der Waals surface area contributed by atoms with Crippen LogP contribution in [0, 0.1) is 6.92 Å². The maximum atomic E-state index is 5.85. The summed E-state index contributed by atoms with van der Waals surface area (Å²) in [6, 6.07) is 16.1. The molecule has 1 aliphatic heterocycles. The quantitative estimate of drug-likeness (QED) is 0.444. The first-order chi connectivity index (χ1) is 15.3. The van der Waals surface area contributed by atoms with Gasteiger partial charge in [0.15, 0.2) is 5.82 Å². The third kappa shape index (κ3) is 5.99. The largest absolute Gasteiger partial charge is 0.463 e. The Bertz CT molecular complexity index is 1010. The van der Waals surface area contributed by atoms with Gasteiger partial charge in [-0.3, -0.25) is 10.4 Å². The average molecular weight is 419 g/mol. The number of ether oxygens (including phenoxy) is 2. The molecule has 1 saturated heterocycles. The summed E-state index contributed by atoms with van der Waals surface area (Å²) in [5.41, 5.74) is 6.18. The Morgan fingerprint density at radius 3 is 2.77 bits per heavy atom. The van der Waals surface area contributed by atoms with Gasteiger partial charge in [0.05, 0.1) is 26.0 Å². The molecule has 4 rings (SSSR count). The van der Waals surface area contributed by atoms with Crippen LogP contribution >= 0.6 is 0 Å². The van der Waals surface area contributed by atoms with Gasteiger partial charge >= 0.3 is 6.01 Å². The van der Waals surface area contributed by atoms with Crippen molar-refractivity contribution in [2.75, 3.05) is 43.2 Å². The summed E-state index contributed by atoms with van der Waals surface area (Å²) < 4.78 is 11.3. The number of hydrazone groups is 1. The molecule has 0 unspecified atom stereocenters. The number of pyridine rings is 1. The lowest BCUT2D eigenvalue weighted by atomic mass is 10.1. The van der Waals surface area contributed by atoms with Crippen LogP contribution in [0.25, 0.3) is 0 Å². The number of rotatable bonds is 8. The summed E-state index contributed by atoms with van der Waals surface area (Å²) in [4.78, 5) is 15.6. The second-order valence-corrected chi connectivity index (χ2v) is 7.14. The average Bonchev–Trinajstić information content (AvgIpc) is 2.82. The molecule has 8 heteroatoms. The van der Waals surface area contributed by atoms with Crippen LogP contribution < -0.4 is 15.1 Å². The van der Waals surface area contributed by atoms with E-state index in [1.807, 2.05) is 42.5 Å². The Labute approximate surface area is 182 Å². The molecule has 0 aliphatic carbocycles. The lowest BCUT2D eigenvalue weighted by Crippen LogP contribution is -2.36. The van der Waals surface area contributed by atoms with Crippen molar-refractivity contribution in [1.82, 2.24) is 15.0 Å². The number of hydrogen-bond donors (Lipinski definition) is 1.